The molecule has 0 unspecified atom stereocenters. The van der Waals surface area contributed by atoms with Crippen LogP contribution >= 0.6 is 0 Å². The van der Waals surface area contributed by atoms with Crippen molar-refractivity contribution in [2.24, 2.45) is 5.92 Å². The lowest BCUT2D eigenvalue weighted by Gasteiger charge is -2.47. The number of likely N-dealkylation sites (N-methyl/N-ethyl adjacent to an activating group) is 1. The zero-order valence-corrected chi connectivity index (χ0v) is 9.98. The molecule has 1 fully saturated rings. The lowest BCUT2D eigenvalue weighted by Crippen LogP contribution is -2.49. The van der Waals surface area contributed by atoms with Crippen molar-refractivity contribution in [1.29, 1.82) is 0 Å². The minimum atomic E-state index is 0.420. The molecule has 1 N–H and O–H groups in total. The molecule has 3 atom stereocenters. The first-order valence-corrected chi connectivity index (χ1v) is 6.19. The van der Waals surface area contributed by atoms with Gasteiger partial charge in [0.25, 0.3) is 0 Å². The van der Waals surface area contributed by atoms with Crippen molar-refractivity contribution in [3.05, 3.63) is 29.3 Å². The molecule has 3 rings (SSSR count). The number of benzene rings is 1. The summed E-state index contributed by atoms with van der Waals surface area (Å²) < 4.78 is 0. The van der Waals surface area contributed by atoms with E-state index in [-0.39, 0.29) is 0 Å². The molecule has 1 heterocycles. The Morgan fingerprint density at radius 2 is 2.19 bits per heavy atom. The summed E-state index contributed by atoms with van der Waals surface area (Å²) in [7, 11) is 2.24. The van der Waals surface area contributed by atoms with Gasteiger partial charge in [0.15, 0.2) is 0 Å². The second-order valence-electron chi connectivity index (χ2n) is 5.39. The van der Waals surface area contributed by atoms with E-state index in [0.717, 1.165) is 6.42 Å². The van der Waals surface area contributed by atoms with Gasteiger partial charge in [-0.3, -0.25) is 0 Å². The van der Waals surface area contributed by atoms with Crippen LogP contribution in [0.15, 0.2) is 18.2 Å². The van der Waals surface area contributed by atoms with Crippen LogP contribution in [0.3, 0.4) is 0 Å². The van der Waals surface area contributed by atoms with E-state index in [1.807, 2.05) is 12.1 Å². The lowest BCUT2D eigenvalue weighted by molar-refractivity contribution is 0.0991. The summed E-state index contributed by atoms with van der Waals surface area (Å²) in [5.41, 5.74) is 2.84. The van der Waals surface area contributed by atoms with Crippen molar-refractivity contribution in [2.75, 3.05) is 13.6 Å². The van der Waals surface area contributed by atoms with Crippen LogP contribution in [0.2, 0.25) is 0 Å². The fraction of sp³-hybridized carbons (Fsp3) is 0.571. The third kappa shape index (κ3) is 1.36. The molecular weight excluding hydrogens is 198 g/mol. The molecule has 0 radical (unpaired) electrons. The molecule has 86 valence electrons. The highest BCUT2D eigenvalue weighted by atomic mass is 16.3. The van der Waals surface area contributed by atoms with Crippen LogP contribution in [0.1, 0.15) is 30.4 Å². The molecule has 1 aliphatic heterocycles. The molecule has 0 amide bonds. The van der Waals surface area contributed by atoms with Crippen molar-refractivity contribution in [3.63, 3.8) is 0 Å². The van der Waals surface area contributed by atoms with Gasteiger partial charge in [-0.1, -0.05) is 13.0 Å². The predicted molar refractivity (Wildman–Crippen MR) is 64.8 cm³/mol. The standard InChI is InChI=1S/C14H19NO/c1-9-12-5-6-15(2)14(9)7-10-3-4-11(16)8-13(10)12/h3-4,8-9,12,14,16H,5-7H2,1-2H3/t9-,12-,14-/m1/s1. The third-order valence-electron chi connectivity index (χ3n) is 4.56. The predicted octanol–water partition coefficient (Wildman–Crippen LogP) is 2.37. The highest BCUT2D eigenvalue weighted by molar-refractivity contribution is 5.41. The zero-order chi connectivity index (χ0) is 11.3. The number of hydrogen-bond acceptors (Lipinski definition) is 2. The highest BCUT2D eigenvalue weighted by Crippen LogP contribution is 2.44. The fourth-order valence-electron chi connectivity index (χ4n) is 3.56. The van der Waals surface area contributed by atoms with Crippen molar-refractivity contribution in [2.45, 2.75) is 31.7 Å². The maximum Gasteiger partial charge on any atom is 0.115 e. The van der Waals surface area contributed by atoms with Crippen LogP contribution < -0.4 is 0 Å². The Morgan fingerprint density at radius 3 is 3.00 bits per heavy atom. The van der Waals surface area contributed by atoms with Crippen molar-refractivity contribution < 1.29 is 5.11 Å². The van der Waals surface area contributed by atoms with Gasteiger partial charge in [0.2, 0.25) is 0 Å². The van der Waals surface area contributed by atoms with E-state index in [2.05, 4.69) is 24.9 Å². The van der Waals surface area contributed by atoms with E-state index in [0.29, 0.717) is 23.6 Å². The Labute approximate surface area is 96.9 Å². The number of likely N-dealkylation sites (tertiary alicyclic amines) is 1. The summed E-state index contributed by atoms with van der Waals surface area (Å²) in [6.07, 6.45) is 2.37. The van der Waals surface area contributed by atoms with Crippen LogP contribution in [0.5, 0.6) is 5.75 Å². The van der Waals surface area contributed by atoms with Crippen LogP contribution in [-0.2, 0) is 6.42 Å². The lowest BCUT2D eigenvalue weighted by atomic mass is 9.69. The molecule has 0 saturated carbocycles. The van der Waals surface area contributed by atoms with Gasteiger partial charge in [-0.15, -0.1) is 0 Å². The summed E-state index contributed by atoms with van der Waals surface area (Å²) in [4.78, 5) is 2.50. The van der Waals surface area contributed by atoms with Gasteiger partial charge >= 0.3 is 0 Å². The number of hydrogen-bond donors (Lipinski definition) is 1. The van der Waals surface area contributed by atoms with Crippen molar-refractivity contribution in [1.82, 2.24) is 4.90 Å². The van der Waals surface area contributed by atoms with E-state index in [1.165, 1.54) is 24.1 Å². The first-order chi connectivity index (χ1) is 7.66. The van der Waals surface area contributed by atoms with Crippen molar-refractivity contribution >= 4 is 0 Å². The Kier molecular flexibility index (Phi) is 2.21. The van der Waals surface area contributed by atoms with E-state index in [4.69, 9.17) is 0 Å². The highest BCUT2D eigenvalue weighted by Gasteiger charge is 2.39. The van der Waals surface area contributed by atoms with Crippen LogP contribution in [-0.4, -0.2) is 29.6 Å². The molecule has 1 aromatic carbocycles. The number of fused-ring (bicyclic) bond motifs is 4. The van der Waals surface area contributed by atoms with Gasteiger partial charge in [-0.2, -0.15) is 0 Å². The van der Waals surface area contributed by atoms with Gasteiger partial charge in [-0.25, -0.2) is 0 Å². The van der Waals surface area contributed by atoms with E-state index in [1.54, 1.807) is 0 Å². The number of aromatic hydroxyl groups is 1. The Balaban J connectivity index is 2.07. The fourth-order valence-corrected chi connectivity index (χ4v) is 3.56. The third-order valence-corrected chi connectivity index (χ3v) is 4.56. The van der Waals surface area contributed by atoms with E-state index >= 15 is 0 Å². The normalized spacial score (nSPS) is 33.5. The summed E-state index contributed by atoms with van der Waals surface area (Å²) in [6, 6.07) is 6.61. The number of phenolic OH excluding ortho intramolecular Hbond substituents is 1. The van der Waals surface area contributed by atoms with Crippen LogP contribution in [0.25, 0.3) is 0 Å². The average Bonchev–Trinajstić information content (AvgIpc) is 2.25. The molecule has 0 spiro atoms. The van der Waals surface area contributed by atoms with Gasteiger partial charge in [0.1, 0.15) is 5.75 Å². The maximum atomic E-state index is 9.61. The molecular formula is C14H19NO. The number of piperidine rings is 1. The number of rotatable bonds is 0. The van der Waals surface area contributed by atoms with Gasteiger partial charge in [-0.05, 0) is 61.5 Å². The Hall–Kier alpha value is -1.02. The Morgan fingerprint density at radius 1 is 1.38 bits per heavy atom. The zero-order valence-electron chi connectivity index (χ0n) is 9.98. The van der Waals surface area contributed by atoms with Gasteiger partial charge in [0, 0.05) is 6.04 Å². The second kappa shape index (κ2) is 3.49. The summed E-state index contributed by atoms with van der Waals surface area (Å²) in [5.74, 6) is 1.79. The SMILES string of the molecule is C[C@H]1[C@H]2Cc3ccc(O)cc3[C@@H]1CCN2C. The molecule has 1 saturated heterocycles. The largest absolute Gasteiger partial charge is 0.508 e. The topological polar surface area (TPSA) is 23.5 Å². The average molecular weight is 217 g/mol. The molecule has 2 aliphatic rings. The molecule has 2 bridgehead atoms. The van der Waals surface area contributed by atoms with E-state index in [9.17, 15) is 5.11 Å². The maximum absolute atomic E-state index is 9.61. The smallest absolute Gasteiger partial charge is 0.115 e. The Bertz CT molecular complexity index is 415. The van der Waals surface area contributed by atoms with Crippen LogP contribution in [0.4, 0.5) is 0 Å². The molecule has 1 aliphatic carbocycles. The monoisotopic (exact) mass is 217 g/mol. The first kappa shape index (κ1) is 10.2. The molecule has 1 aromatic rings. The summed E-state index contributed by atoms with van der Waals surface area (Å²) >= 11 is 0. The summed E-state index contributed by atoms with van der Waals surface area (Å²) in [6.45, 7) is 3.55. The van der Waals surface area contributed by atoms with Crippen LogP contribution in [0, 0.1) is 5.92 Å². The minimum absolute atomic E-state index is 0.420. The minimum Gasteiger partial charge on any atom is -0.508 e. The first-order valence-electron chi connectivity index (χ1n) is 6.19. The molecule has 0 aromatic heterocycles. The van der Waals surface area contributed by atoms with Crippen molar-refractivity contribution in [3.8, 4) is 5.75 Å². The molecule has 2 nitrogen and oxygen atoms in total. The number of nitrogens with zero attached hydrogens (tertiary/aromatic N) is 1. The second-order valence-corrected chi connectivity index (χ2v) is 5.39. The van der Waals surface area contributed by atoms with Gasteiger partial charge in [0.05, 0.1) is 0 Å². The van der Waals surface area contributed by atoms with Gasteiger partial charge < -0.3 is 10.0 Å². The van der Waals surface area contributed by atoms with E-state index < -0.39 is 0 Å². The molecule has 2 heteroatoms. The molecule has 16 heavy (non-hydrogen) atoms. The quantitative estimate of drug-likeness (QED) is 0.721. The summed E-state index contributed by atoms with van der Waals surface area (Å²) in [5, 5.41) is 9.61. The number of phenols is 1.